The van der Waals surface area contributed by atoms with Gasteiger partial charge in [0.05, 0.1) is 13.2 Å². The molecular weight excluding hydrogens is 258 g/mol. The van der Waals surface area contributed by atoms with E-state index in [2.05, 4.69) is 5.32 Å². The van der Waals surface area contributed by atoms with Crippen molar-refractivity contribution in [2.24, 2.45) is 0 Å². The van der Waals surface area contributed by atoms with Gasteiger partial charge in [-0.2, -0.15) is 0 Å². The first kappa shape index (κ1) is 14.4. The zero-order valence-electron chi connectivity index (χ0n) is 11.6. The van der Waals surface area contributed by atoms with Gasteiger partial charge in [0.1, 0.15) is 5.75 Å². The predicted octanol–water partition coefficient (Wildman–Crippen LogP) is 2.29. The van der Waals surface area contributed by atoms with Gasteiger partial charge in [-0.25, -0.2) is 0 Å². The minimum absolute atomic E-state index is 0.0561. The van der Waals surface area contributed by atoms with Crippen molar-refractivity contribution in [2.45, 2.75) is 32.6 Å². The second kappa shape index (κ2) is 6.93. The van der Waals surface area contributed by atoms with Crippen molar-refractivity contribution in [3.8, 4) is 5.75 Å². The SMILES string of the molecule is CCOC(=O)CCCOc1ccc2c(c1)CCC(=O)N2. The molecule has 20 heavy (non-hydrogen) atoms. The van der Waals surface area contributed by atoms with E-state index in [9.17, 15) is 9.59 Å². The molecule has 0 unspecified atom stereocenters. The molecule has 0 atom stereocenters. The van der Waals surface area contributed by atoms with Crippen LogP contribution >= 0.6 is 0 Å². The molecule has 5 nitrogen and oxygen atoms in total. The Bertz CT molecular complexity index is 499. The van der Waals surface area contributed by atoms with Gasteiger partial charge in [0.25, 0.3) is 0 Å². The maximum atomic E-state index is 11.3. The average Bonchev–Trinajstić information content (AvgIpc) is 2.44. The second-order valence-electron chi connectivity index (χ2n) is 4.62. The number of amides is 1. The van der Waals surface area contributed by atoms with E-state index >= 15 is 0 Å². The van der Waals surface area contributed by atoms with Crippen LogP contribution in [-0.2, 0) is 20.7 Å². The fourth-order valence-electron chi connectivity index (χ4n) is 2.09. The summed E-state index contributed by atoms with van der Waals surface area (Å²) in [6.07, 6.45) is 2.25. The molecule has 0 spiro atoms. The number of ether oxygens (including phenoxy) is 2. The Hall–Kier alpha value is -2.04. The zero-order chi connectivity index (χ0) is 14.4. The van der Waals surface area contributed by atoms with Gasteiger partial charge in [-0.05, 0) is 43.5 Å². The van der Waals surface area contributed by atoms with Crippen LogP contribution in [0.2, 0.25) is 0 Å². The highest BCUT2D eigenvalue weighted by Gasteiger charge is 2.14. The fourth-order valence-corrected chi connectivity index (χ4v) is 2.09. The van der Waals surface area contributed by atoms with Crippen molar-refractivity contribution in [1.82, 2.24) is 0 Å². The molecule has 1 aliphatic rings. The van der Waals surface area contributed by atoms with Crippen LogP contribution < -0.4 is 10.1 Å². The lowest BCUT2D eigenvalue weighted by Crippen LogP contribution is -2.18. The Morgan fingerprint density at radius 2 is 2.20 bits per heavy atom. The van der Waals surface area contributed by atoms with Gasteiger partial charge in [-0.1, -0.05) is 0 Å². The van der Waals surface area contributed by atoms with Gasteiger partial charge in [0.2, 0.25) is 5.91 Å². The topological polar surface area (TPSA) is 64.6 Å². The first-order valence-corrected chi connectivity index (χ1v) is 6.90. The van der Waals surface area contributed by atoms with E-state index in [4.69, 9.17) is 9.47 Å². The molecule has 5 heteroatoms. The summed E-state index contributed by atoms with van der Waals surface area (Å²) in [5.74, 6) is 0.633. The highest BCUT2D eigenvalue weighted by molar-refractivity contribution is 5.93. The molecule has 1 aliphatic heterocycles. The summed E-state index contributed by atoms with van der Waals surface area (Å²) in [4.78, 5) is 22.4. The Morgan fingerprint density at radius 1 is 1.35 bits per heavy atom. The monoisotopic (exact) mass is 277 g/mol. The van der Waals surface area contributed by atoms with Crippen molar-refractivity contribution < 1.29 is 19.1 Å². The lowest BCUT2D eigenvalue weighted by atomic mass is 10.0. The van der Waals surface area contributed by atoms with Crippen LogP contribution in [0.3, 0.4) is 0 Å². The molecule has 0 aliphatic carbocycles. The van der Waals surface area contributed by atoms with Crippen molar-refractivity contribution in [1.29, 1.82) is 0 Å². The molecule has 0 bridgehead atoms. The van der Waals surface area contributed by atoms with Crippen LogP contribution in [0.15, 0.2) is 18.2 Å². The van der Waals surface area contributed by atoms with E-state index < -0.39 is 0 Å². The third-order valence-corrected chi connectivity index (χ3v) is 3.07. The first-order chi connectivity index (χ1) is 9.69. The molecule has 1 heterocycles. The summed E-state index contributed by atoms with van der Waals surface area (Å²) in [6, 6.07) is 5.63. The standard InChI is InChI=1S/C15H19NO4/c1-2-19-15(18)4-3-9-20-12-6-7-13-11(10-12)5-8-14(17)16-13/h6-7,10H,2-5,8-9H2,1H3,(H,16,17). The van der Waals surface area contributed by atoms with E-state index in [-0.39, 0.29) is 11.9 Å². The normalized spacial score (nSPS) is 13.3. The number of benzene rings is 1. The molecular formula is C15H19NO4. The summed E-state index contributed by atoms with van der Waals surface area (Å²) in [6.45, 7) is 2.68. The van der Waals surface area contributed by atoms with Gasteiger partial charge < -0.3 is 14.8 Å². The Morgan fingerprint density at radius 3 is 3.00 bits per heavy atom. The molecule has 0 aromatic heterocycles. The molecule has 1 aromatic rings. The van der Waals surface area contributed by atoms with Crippen LogP contribution in [0, 0.1) is 0 Å². The number of fused-ring (bicyclic) bond motifs is 1. The molecule has 1 aromatic carbocycles. The van der Waals surface area contributed by atoms with Gasteiger partial charge in [0, 0.05) is 18.5 Å². The zero-order valence-corrected chi connectivity index (χ0v) is 11.6. The molecule has 0 saturated carbocycles. The van der Waals surface area contributed by atoms with E-state index in [0.29, 0.717) is 32.5 Å². The van der Waals surface area contributed by atoms with Gasteiger partial charge in [-0.3, -0.25) is 9.59 Å². The number of nitrogens with one attached hydrogen (secondary N) is 1. The molecule has 0 saturated heterocycles. The van der Waals surface area contributed by atoms with E-state index in [1.807, 2.05) is 18.2 Å². The van der Waals surface area contributed by atoms with E-state index in [0.717, 1.165) is 23.4 Å². The van der Waals surface area contributed by atoms with Crippen molar-refractivity contribution in [3.05, 3.63) is 23.8 Å². The number of hydrogen-bond acceptors (Lipinski definition) is 4. The third-order valence-electron chi connectivity index (χ3n) is 3.07. The maximum absolute atomic E-state index is 11.3. The van der Waals surface area contributed by atoms with Crippen LogP contribution in [0.1, 0.15) is 31.7 Å². The minimum Gasteiger partial charge on any atom is -0.494 e. The molecule has 0 fully saturated rings. The quantitative estimate of drug-likeness (QED) is 0.640. The molecule has 2 rings (SSSR count). The van der Waals surface area contributed by atoms with Gasteiger partial charge >= 0.3 is 5.97 Å². The summed E-state index contributed by atoms with van der Waals surface area (Å²) in [7, 11) is 0. The predicted molar refractivity (Wildman–Crippen MR) is 74.8 cm³/mol. The van der Waals surface area contributed by atoms with Crippen LogP contribution in [-0.4, -0.2) is 25.1 Å². The Labute approximate surface area is 118 Å². The number of rotatable bonds is 6. The maximum Gasteiger partial charge on any atom is 0.305 e. The lowest BCUT2D eigenvalue weighted by molar-refractivity contribution is -0.143. The number of esters is 1. The molecule has 108 valence electrons. The van der Waals surface area contributed by atoms with Crippen molar-refractivity contribution in [3.63, 3.8) is 0 Å². The van der Waals surface area contributed by atoms with Crippen LogP contribution in [0.5, 0.6) is 5.75 Å². The summed E-state index contributed by atoms with van der Waals surface area (Å²) in [5.41, 5.74) is 1.95. The summed E-state index contributed by atoms with van der Waals surface area (Å²) < 4.78 is 10.5. The summed E-state index contributed by atoms with van der Waals surface area (Å²) >= 11 is 0. The van der Waals surface area contributed by atoms with Crippen LogP contribution in [0.25, 0.3) is 0 Å². The molecule has 1 N–H and O–H groups in total. The van der Waals surface area contributed by atoms with E-state index in [1.165, 1.54) is 0 Å². The average molecular weight is 277 g/mol. The van der Waals surface area contributed by atoms with Crippen LogP contribution in [0.4, 0.5) is 5.69 Å². The van der Waals surface area contributed by atoms with Gasteiger partial charge in [0.15, 0.2) is 0 Å². The Balaban J connectivity index is 1.79. The number of anilines is 1. The number of aryl methyl sites for hydroxylation is 1. The molecule has 0 radical (unpaired) electrons. The largest absolute Gasteiger partial charge is 0.494 e. The van der Waals surface area contributed by atoms with Crippen molar-refractivity contribution >= 4 is 17.6 Å². The molecule has 1 amide bonds. The minimum atomic E-state index is -0.191. The highest BCUT2D eigenvalue weighted by Crippen LogP contribution is 2.26. The fraction of sp³-hybridized carbons (Fsp3) is 0.467. The van der Waals surface area contributed by atoms with Gasteiger partial charge in [-0.15, -0.1) is 0 Å². The number of hydrogen-bond donors (Lipinski definition) is 1. The Kier molecular flexibility index (Phi) is 4.98. The second-order valence-corrected chi connectivity index (χ2v) is 4.62. The smallest absolute Gasteiger partial charge is 0.305 e. The number of carbonyl (C=O) groups excluding carboxylic acids is 2. The van der Waals surface area contributed by atoms with Crippen molar-refractivity contribution in [2.75, 3.05) is 18.5 Å². The first-order valence-electron chi connectivity index (χ1n) is 6.90. The summed E-state index contributed by atoms with van der Waals surface area (Å²) in [5, 5.41) is 2.83. The number of carbonyl (C=O) groups is 2. The lowest BCUT2D eigenvalue weighted by Gasteiger charge is -2.17. The highest BCUT2D eigenvalue weighted by atomic mass is 16.5. The van der Waals surface area contributed by atoms with E-state index in [1.54, 1.807) is 6.92 Å². The third kappa shape index (κ3) is 3.98.